The van der Waals surface area contributed by atoms with Crippen LogP contribution in [0, 0.1) is 0 Å². The molecule has 0 saturated carbocycles. The standard InChI is InChI=1S/C26H21Cl2N3O6S/c1-3-14-11-20(28)22(13-23(14)38(34,35)36)30-31-24-17-7-5-4-6-15(17)10-18(25(24)32)26(33)29-21-12-16(37-2)8-9-19(21)27/h4-13,32H,3H2,1-2H3,(H,29,33)(H,34,35,36). The Morgan fingerprint density at radius 1 is 1.03 bits per heavy atom. The molecule has 0 saturated heterocycles. The molecule has 1 amide bonds. The van der Waals surface area contributed by atoms with Crippen molar-refractivity contribution in [2.75, 3.05) is 12.4 Å². The highest BCUT2D eigenvalue weighted by Crippen LogP contribution is 2.41. The molecule has 4 aromatic rings. The van der Waals surface area contributed by atoms with Gasteiger partial charge in [0.15, 0.2) is 5.75 Å². The molecular weight excluding hydrogens is 553 g/mol. The highest BCUT2D eigenvalue weighted by Gasteiger charge is 2.21. The number of aromatic hydroxyl groups is 1. The third kappa shape index (κ3) is 5.58. The van der Waals surface area contributed by atoms with Gasteiger partial charge >= 0.3 is 0 Å². The maximum absolute atomic E-state index is 13.2. The Morgan fingerprint density at radius 2 is 1.76 bits per heavy atom. The Morgan fingerprint density at radius 3 is 2.45 bits per heavy atom. The minimum Gasteiger partial charge on any atom is -0.505 e. The van der Waals surface area contributed by atoms with Crippen molar-refractivity contribution < 1.29 is 27.6 Å². The molecule has 0 radical (unpaired) electrons. The monoisotopic (exact) mass is 573 g/mol. The molecule has 0 spiro atoms. The summed E-state index contributed by atoms with van der Waals surface area (Å²) in [4.78, 5) is 12.8. The van der Waals surface area contributed by atoms with Crippen LogP contribution >= 0.6 is 23.2 Å². The van der Waals surface area contributed by atoms with E-state index in [9.17, 15) is 22.9 Å². The van der Waals surface area contributed by atoms with E-state index in [1.54, 1.807) is 43.3 Å². The quantitative estimate of drug-likeness (QED) is 0.156. The van der Waals surface area contributed by atoms with Crippen molar-refractivity contribution in [2.45, 2.75) is 18.2 Å². The molecule has 3 N–H and O–H groups in total. The third-order valence-corrected chi connectivity index (χ3v) is 7.28. The van der Waals surface area contributed by atoms with Crippen molar-refractivity contribution >= 4 is 67.1 Å². The number of azo groups is 1. The molecular formula is C26H21Cl2N3O6S. The Labute approximate surface area is 228 Å². The van der Waals surface area contributed by atoms with E-state index in [4.69, 9.17) is 27.9 Å². The van der Waals surface area contributed by atoms with Crippen LogP contribution in [-0.4, -0.2) is 31.1 Å². The highest BCUT2D eigenvalue weighted by atomic mass is 35.5. The van der Waals surface area contributed by atoms with Gasteiger partial charge in [-0.25, -0.2) is 0 Å². The lowest BCUT2D eigenvalue weighted by Crippen LogP contribution is -2.12. The summed E-state index contributed by atoms with van der Waals surface area (Å²) >= 11 is 12.5. The number of methoxy groups -OCH3 is 1. The van der Waals surface area contributed by atoms with Gasteiger partial charge < -0.3 is 15.2 Å². The fourth-order valence-electron chi connectivity index (χ4n) is 3.79. The van der Waals surface area contributed by atoms with E-state index in [0.717, 1.165) is 6.07 Å². The van der Waals surface area contributed by atoms with Gasteiger partial charge in [-0.15, -0.1) is 10.2 Å². The zero-order valence-corrected chi connectivity index (χ0v) is 22.4. The summed E-state index contributed by atoms with van der Waals surface area (Å²) in [5.41, 5.74) is 0.363. The smallest absolute Gasteiger partial charge is 0.294 e. The summed E-state index contributed by atoms with van der Waals surface area (Å²) in [5, 5.41) is 23.3. The van der Waals surface area contributed by atoms with Crippen molar-refractivity contribution in [3.63, 3.8) is 0 Å². The highest BCUT2D eigenvalue weighted by molar-refractivity contribution is 7.85. The largest absolute Gasteiger partial charge is 0.505 e. The Kier molecular flexibility index (Phi) is 7.89. The van der Waals surface area contributed by atoms with Crippen LogP contribution in [-0.2, 0) is 16.5 Å². The first kappa shape index (κ1) is 27.3. The number of ether oxygens (including phenoxy) is 1. The lowest BCUT2D eigenvalue weighted by molar-refractivity contribution is 0.102. The summed E-state index contributed by atoms with van der Waals surface area (Å²) in [6.45, 7) is 1.71. The first-order valence-corrected chi connectivity index (χ1v) is 13.3. The maximum atomic E-state index is 13.2. The molecule has 0 atom stereocenters. The first-order valence-electron chi connectivity index (χ1n) is 11.1. The van der Waals surface area contributed by atoms with Crippen molar-refractivity contribution in [3.05, 3.63) is 81.8 Å². The molecule has 0 aliphatic rings. The average Bonchev–Trinajstić information content (AvgIpc) is 2.88. The molecule has 0 bridgehead atoms. The average molecular weight is 574 g/mol. The van der Waals surface area contributed by atoms with Crippen LogP contribution in [0.15, 0.2) is 75.8 Å². The van der Waals surface area contributed by atoms with Gasteiger partial charge in [-0.05, 0) is 47.7 Å². The number of halogens is 2. The number of anilines is 1. The predicted molar refractivity (Wildman–Crippen MR) is 146 cm³/mol. The first-order chi connectivity index (χ1) is 18.0. The number of phenolic OH excluding ortho intramolecular Hbond substituents is 1. The number of rotatable bonds is 7. The molecule has 0 aliphatic heterocycles. The minimum atomic E-state index is -4.55. The van der Waals surface area contributed by atoms with E-state index in [-0.39, 0.29) is 37.6 Å². The normalized spacial score (nSPS) is 11.7. The Hall–Kier alpha value is -3.70. The molecule has 196 valence electrons. The molecule has 0 fully saturated rings. The molecule has 4 rings (SSSR count). The van der Waals surface area contributed by atoms with E-state index < -0.39 is 21.8 Å². The molecule has 0 heterocycles. The van der Waals surface area contributed by atoms with E-state index >= 15 is 0 Å². The van der Waals surface area contributed by atoms with Crippen LogP contribution in [0.1, 0.15) is 22.8 Å². The lowest BCUT2D eigenvalue weighted by Gasteiger charge is -2.13. The lowest BCUT2D eigenvalue weighted by atomic mass is 10.0. The second-order valence-corrected chi connectivity index (χ2v) is 10.3. The zero-order chi connectivity index (χ0) is 27.6. The second kappa shape index (κ2) is 11.0. The molecule has 9 nitrogen and oxygen atoms in total. The van der Waals surface area contributed by atoms with E-state index in [1.807, 2.05) is 0 Å². The Balaban J connectivity index is 1.82. The van der Waals surface area contributed by atoms with Gasteiger partial charge in [0.05, 0.1) is 33.3 Å². The van der Waals surface area contributed by atoms with Crippen LogP contribution < -0.4 is 10.1 Å². The topological polar surface area (TPSA) is 138 Å². The van der Waals surface area contributed by atoms with Crippen molar-refractivity contribution in [1.29, 1.82) is 0 Å². The molecule has 0 aliphatic carbocycles. The number of hydrogen-bond donors (Lipinski definition) is 3. The fourth-order valence-corrected chi connectivity index (χ4v) is 4.97. The molecule has 4 aromatic carbocycles. The Bertz CT molecular complexity index is 1710. The number of nitrogens with zero attached hydrogens (tertiary/aromatic N) is 2. The number of phenols is 1. The number of nitrogens with one attached hydrogen (secondary N) is 1. The van der Waals surface area contributed by atoms with E-state index in [2.05, 4.69) is 15.5 Å². The van der Waals surface area contributed by atoms with E-state index in [0.29, 0.717) is 28.5 Å². The fraction of sp³-hybridized carbons (Fsp3) is 0.115. The number of carbonyl (C=O) groups excluding carboxylic acids is 1. The number of aryl methyl sites for hydroxylation is 1. The van der Waals surface area contributed by atoms with E-state index in [1.165, 1.54) is 25.3 Å². The summed E-state index contributed by atoms with van der Waals surface area (Å²) in [6.07, 6.45) is 0.298. The maximum Gasteiger partial charge on any atom is 0.294 e. The summed E-state index contributed by atoms with van der Waals surface area (Å²) in [5.74, 6) is -0.670. The van der Waals surface area contributed by atoms with Crippen LogP contribution in [0.25, 0.3) is 10.8 Å². The molecule has 0 aromatic heterocycles. The van der Waals surface area contributed by atoms with Crippen LogP contribution in [0.5, 0.6) is 11.5 Å². The van der Waals surface area contributed by atoms with Gasteiger partial charge in [0.25, 0.3) is 16.0 Å². The second-order valence-electron chi connectivity index (χ2n) is 8.08. The van der Waals surface area contributed by atoms with Crippen molar-refractivity contribution in [1.82, 2.24) is 0 Å². The van der Waals surface area contributed by atoms with Gasteiger partial charge in [-0.3, -0.25) is 9.35 Å². The van der Waals surface area contributed by atoms with Crippen LogP contribution in [0.4, 0.5) is 17.1 Å². The van der Waals surface area contributed by atoms with Crippen molar-refractivity contribution in [2.24, 2.45) is 10.2 Å². The van der Waals surface area contributed by atoms with Gasteiger partial charge in [0.2, 0.25) is 0 Å². The number of hydrogen-bond acceptors (Lipinski definition) is 7. The summed E-state index contributed by atoms with van der Waals surface area (Å²) in [7, 11) is -3.07. The van der Waals surface area contributed by atoms with Gasteiger partial charge in [0, 0.05) is 11.5 Å². The number of amides is 1. The SMILES string of the molecule is CCc1cc(Cl)c(N=Nc2c(O)c(C(=O)Nc3cc(OC)ccc3Cl)cc3ccccc23)cc1S(=O)(=O)O. The van der Waals surface area contributed by atoms with Crippen LogP contribution in [0.2, 0.25) is 10.0 Å². The van der Waals surface area contributed by atoms with Gasteiger partial charge in [0.1, 0.15) is 17.1 Å². The van der Waals surface area contributed by atoms with Gasteiger partial charge in [-0.2, -0.15) is 8.42 Å². The van der Waals surface area contributed by atoms with Crippen LogP contribution in [0.3, 0.4) is 0 Å². The zero-order valence-electron chi connectivity index (χ0n) is 20.1. The molecule has 12 heteroatoms. The summed E-state index contributed by atoms with van der Waals surface area (Å²) in [6, 6.07) is 15.6. The van der Waals surface area contributed by atoms with Gasteiger partial charge in [-0.1, -0.05) is 54.4 Å². The number of fused-ring (bicyclic) bond motifs is 1. The number of carbonyl (C=O) groups is 1. The summed E-state index contributed by atoms with van der Waals surface area (Å²) < 4.78 is 38.5. The molecule has 38 heavy (non-hydrogen) atoms. The number of benzene rings is 4. The van der Waals surface area contributed by atoms with Crippen molar-refractivity contribution in [3.8, 4) is 11.5 Å². The third-order valence-electron chi connectivity index (χ3n) is 5.71. The predicted octanol–water partition coefficient (Wildman–Crippen LogP) is 7.34. The minimum absolute atomic E-state index is 0.0472. The molecule has 0 unspecified atom stereocenters.